The number of nitrogens with one attached hydrogen (secondary N) is 1. The first-order chi connectivity index (χ1) is 6.84. The molecular formula is C10H17N3S. The van der Waals surface area contributed by atoms with E-state index in [2.05, 4.69) is 9.69 Å². The second kappa shape index (κ2) is 4.64. The van der Waals surface area contributed by atoms with Crippen molar-refractivity contribution in [1.29, 1.82) is 0 Å². The molecule has 0 bridgehead atoms. The summed E-state index contributed by atoms with van der Waals surface area (Å²) in [5.41, 5.74) is 5.55. The van der Waals surface area contributed by atoms with E-state index in [0.29, 0.717) is 5.82 Å². The second-order valence-electron chi connectivity index (χ2n) is 4.00. The topological polar surface area (TPSA) is 50.9 Å². The fraction of sp³-hybridized carbons (Fsp3) is 0.700. The van der Waals surface area contributed by atoms with E-state index < -0.39 is 0 Å². The molecule has 1 aliphatic carbocycles. The lowest BCUT2D eigenvalue weighted by atomic mass is 9.89. The van der Waals surface area contributed by atoms with E-state index in [4.69, 9.17) is 5.73 Å². The summed E-state index contributed by atoms with van der Waals surface area (Å²) in [5, 5.41) is 4.52. The van der Waals surface area contributed by atoms with Crippen LogP contribution in [0.25, 0.3) is 0 Å². The lowest BCUT2D eigenvalue weighted by Gasteiger charge is -2.21. The molecule has 1 heterocycles. The monoisotopic (exact) mass is 211 g/mol. The number of nitrogens with two attached hydrogens (primary N) is 1. The SMILES string of the molecule is Nc1cc(NCC2CCCCC2)sn1. The smallest absolute Gasteiger partial charge is 0.139 e. The van der Waals surface area contributed by atoms with Gasteiger partial charge in [-0.1, -0.05) is 19.3 Å². The largest absolute Gasteiger partial charge is 0.383 e. The van der Waals surface area contributed by atoms with Crippen LogP contribution in [0.5, 0.6) is 0 Å². The Labute approximate surface area is 88.9 Å². The number of anilines is 2. The van der Waals surface area contributed by atoms with Crippen molar-refractivity contribution in [3.8, 4) is 0 Å². The van der Waals surface area contributed by atoms with E-state index in [0.717, 1.165) is 17.5 Å². The van der Waals surface area contributed by atoms with E-state index in [9.17, 15) is 0 Å². The second-order valence-corrected chi connectivity index (χ2v) is 4.81. The maximum Gasteiger partial charge on any atom is 0.139 e. The minimum Gasteiger partial charge on any atom is -0.383 e. The predicted octanol–water partition coefficient (Wildman–Crippen LogP) is 2.72. The molecule has 1 aromatic rings. The van der Waals surface area contributed by atoms with Gasteiger partial charge in [-0.3, -0.25) is 0 Å². The highest BCUT2D eigenvalue weighted by atomic mass is 32.1. The molecule has 2 rings (SSSR count). The highest BCUT2D eigenvalue weighted by Crippen LogP contribution is 2.25. The first-order valence-electron chi connectivity index (χ1n) is 5.30. The highest BCUT2D eigenvalue weighted by Gasteiger charge is 2.13. The zero-order valence-corrected chi connectivity index (χ0v) is 9.15. The Morgan fingerprint density at radius 3 is 2.86 bits per heavy atom. The van der Waals surface area contributed by atoms with Crippen molar-refractivity contribution in [3.63, 3.8) is 0 Å². The Balaban J connectivity index is 1.76. The third kappa shape index (κ3) is 2.61. The molecule has 0 aliphatic heterocycles. The number of hydrogen-bond donors (Lipinski definition) is 2. The fourth-order valence-corrected chi connectivity index (χ4v) is 2.59. The van der Waals surface area contributed by atoms with Crippen LogP contribution in [0.15, 0.2) is 6.07 Å². The van der Waals surface area contributed by atoms with E-state index in [1.165, 1.54) is 43.6 Å². The van der Waals surface area contributed by atoms with Crippen LogP contribution in [-0.2, 0) is 0 Å². The standard InChI is InChI=1S/C10H17N3S/c11-9-6-10(14-13-9)12-7-8-4-2-1-3-5-8/h6,8,12H,1-5,7H2,(H2,11,13). The minimum absolute atomic E-state index is 0.626. The van der Waals surface area contributed by atoms with Crippen molar-refractivity contribution in [2.45, 2.75) is 32.1 Å². The molecule has 1 saturated carbocycles. The zero-order valence-electron chi connectivity index (χ0n) is 8.33. The molecule has 3 nitrogen and oxygen atoms in total. The van der Waals surface area contributed by atoms with Gasteiger partial charge in [0.1, 0.15) is 10.8 Å². The van der Waals surface area contributed by atoms with E-state index >= 15 is 0 Å². The number of nitrogens with zero attached hydrogens (tertiary/aromatic N) is 1. The van der Waals surface area contributed by atoms with Gasteiger partial charge < -0.3 is 11.1 Å². The van der Waals surface area contributed by atoms with Crippen LogP contribution in [0.2, 0.25) is 0 Å². The Hall–Kier alpha value is -0.770. The summed E-state index contributed by atoms with van der Waals surface area (Å²) < 4.78 is 4.04. The zero-order chi connectivity index (χ0) is 9.80. The summed E-state index contributed by atoms with van der Waals surface area (Å²) in [7, 11) is 0. The molecule has 1 fully saturated rings. The summed E-state index contributed by atoms with van der Waals surface area (Å²) in [6, 6.07) is 1.91. The fourth-order valence-electron chi connectivity index (χ4n) is 2.01. The molecule has 4 heteroatoms. The summed E-state index contributed by atoms with van der Waals surface area (Å²) in [6.07, 6.45) is 6.97. The van der Waals surface area contributed by atoms with E-state index in [1.807, 2.05) is 6.07 Å². The Morgan fingerprint density at radius 1 is 1.43 bits per heavy atom. The van der Waals surface area contributed by atoms with Gasteiger partial charge in [0.15, 0.2) is 0 Å². The summed E-state index contributed by atoms with van der Waals surface area (Å²) in [5.74, 6) is 1.48. The van der Waals surface area contributed by atoms with Crippen LogP contribution in [0.1, 0.15) is 32.1 Å². The van der Waals surface area contributed by atoms with Gasteiger partial charge in [0.2, 0.25) is 0 Å². The molecule has 1 aliphatic rings. The first-order valence-corrected chi connectivity index (χ1v) is 6.08. The average Bonchev–Trinajstić information content (AvgIpc) is 2.63. The maximum absolute atomic E-state index is 5.55. The van der Waals surface area contributed by atoms with Crippen LogP contribution in [0.4, 0.5) is 10.8 Å². The van der Waals surface area contributed by atoms with E-state index in [1.54, 1.807) is 0 Å². The van der Waals surface area contributed by atoms with Crippen LogP contribution >= 0.6 is 11.5 Å². The van der Waals surface area contributed by atoms with Crippen LogP contribution in [0.3, 0.4) is 0 Å². The Morgan fingerprint density at radius 2 is 2.21 bits per heavy atom. The van der Waals surface area contributed by atoms with Crippen molar-refractivity contribution >= 4 is 22.4 Å². The van der Waals surface area contributed by atoms with Gasteiger partial charge in [0.05, 0.1) is 0 Å². The van der Waals surface area contributed by atoms with Gasteiger partial charge in [-0.2, -0.15) is 4.37 Å². The molecule has 78 valence electrons. The van der Waals surface area contributed by atoms with Crippen molar-refractivity contribution in [2.75, 3.05) is 17.6 Å². The molecular weight excluding hydrogens is 194 g/mol. The third-order valence-corrected chi connectivity index (χ3v) is 3.58. The quantitative estimate of drug-likeness (QED) is 0.808. The van der Waals surface area contributed by atoms with Gasteiger partial charge in [-0.15, -0.1) is 0 Å². The molecule has 0 unspecified atom stereocenters. The Bertz CT molecular complexity index is 279. The van der Waals surface area contributed by atoms with E-state index in [-0.39, 0.29) is 0 Å². The molecule has 3 N–H and O–H groups in total. The highest BCUT2D eigenvalue weighted by molar-refractivity contribution is 7.10. The minimum atomic E-state index is 0.626. The van der Waals surface area contributed by atoms with Crippen LogP contribution < -0.4 is 11.1 Å². The number of aromatic nitrogens is 1. The summed E-state index contributed by atoms with van der Waals surface area (Å²) in [6.45, 7) is 1.08. The van der Waals surface area contributed by atoms with Crippen LogP contribution in [0, 0.1) is 5.92 Å². The van der Waals surface area contributed by atoms with Gasteiger partial charge in [0.25, 0.3) is 0 Å². The van der Waals surface area contributed by atoms with Crippen LogP contribution in [-0.4, -0.2) is 10.9 Å². The average molecular weight is 211 g/mol. The number of rotatable bonds is 3. The molecule has 0 aromatic carbocycles. The predicted molar refractivity (Wildman–Crippen MR) is 61.6 cm³/mol. The molecule has 14 heavy (non-hydrogen) atoms. The molecule has 0 atom stereocenters. The lowest BCUT2D eigenvalue weighted by molar-refractivity contribution is 0.373. The molecule has 0 saturated heterocycles. The van der Waals surface area contributed by atoms with Gasteiger partial charge in [-0.25, -0.2) is 0 Å². The van der Waals surface area contributed by atoms with Gasteiger partial charge in [0, 0.05) is 12.6 Å². The number of hydrogen-bond acceptors (Lipinski definition) is 4. The first kappa shape index (κ1) is 9.77. The molecule has 1 aromatic heterocycles. The van der Waals surface area contributed by atoms with Crippen molar-refractivity contribution in [3.05, 3.63) is 6.07 Å². The third-order valence-electron chi connectivity index (χ3n) is 2.82. The molecule has 0 radical (unpaired) electrons. The number of nitrogen functional groups attached to an aromatic ring is 1. The van der Waals surface area contributed by atoms with Crippen molar-refractivity contribution < 1.29 is 0 Å². The maximum atomic E-state index is 5.55. The lowest BCUT2D eigenvalue weighted by Crippen LogP contribution is -2.16. The molecule has 0 spiro atoms. The van der Waals surface area contributed by atoms with Crippen molar-refractivity contribution in [1.82, 2.24) is 4.37 Å². The summed E-state index contributed by atoms with van der Waals surface area (Å²) in [4.78, 5) is 0. The van der Waals surface area contributed by atoms with Gasteiger partial charge >= 0.3 is 0 Å². The summed E-state index contributed by atoms with van der Waals surface area (Å²) >= 11 is 1.45. The normalized spacial score (nSPS) is 18.3. The Kier molecular flexibility index (Phi) is 3.24. The van der Waals surface area contributed by atoms with Gasteiger partial charge in [-0.05, 0) is 30.3 Å². The molecule has 0 amide bonds. The van der Waals surface area contributed by atoms with Crippen molar-refractivity contribution in [2.24, 2.45) is 5.92 Å².